The van der Waals surface area contributed by atoms with Crippen molar-refractivity contribution in [2.75, 3.05) is 0 Å². The first-order chi connectivity index (χ1) is 5.59. The first kappa shape index (κ1) is 9.07. The fraction of sp³-hybridized carbons (Fsp3) is 0.222. The van der Waals surface area contributed by atoms with Crippen LogP contribution in [0.4, 0.5) is 0 Å². The summed E-state index contributed by atoms with van der Waals surface area (Å²) in [5, 5.41) is 8.77. The highest BCUT2D eigenvalue weighted by Gasteiger charge is 2.01. The second-order valence-electron chi connectivity index (χ2n) is 2.65. The maximum Gasteiger partial charge on any atom is 0.226 e. The van der Waals surface area contributed by atoms with Crippen molar-refractivity contribution in [3.63, 3.8) is 0 Å². The number of halogens is 1. The number of hydrogen-bond acceptors (Lipinski definition) is 2. The van der Waals surface area contributed by atoms with E-state index in [0.717, 1.165) is 11.1 Å². The van der Waals surface area contributed by atoms with Crippen LogP contribution in [-0.4, -0.2) is 10.3 Å². The highest BCUT2D eigenvalue weighted by atomic mass is 35.5. The Balaban J connectivity index is 2.89. The summed E-state index contributed by atoms with van der Waals surface area (Å²) in [6.07, 6.45) is 0.211. The molecule has 2 nitrogen and oxygen atoms in total. The third kappa shape index (κ3) is 2.24. The molecule has 0 aromatic heterocycles. The molecule has 0 aliphatic heterocycles. The minimum absolute atomic E-state index is 0.211. The Morgan fingerprint density at radius 3 is 2.75 bits per heavy atom. The summed E-state index contributed by atoms with van der Waals surface area (Å²) in [4.78, 5) is 10.5. The predicted molar refractivity (Wildman–Crippen MR) is 47.4 cm³/mol. The van der Waals surface area contributed by atoms with E-state index in [1.54, 1.807) is 25.1 Å². The van der Waals surface area contributed by atoms with Gasteiger partial charge in [-0.1, -0.05) is 12.1 Å². The van der Waals surface area contributed by atoms with Gasteiger partial charge in [0.15, 0.2) is 0 Å². The molecule has 0 heterocycles. The van der Waals surface area contributed by atoms with E-state index < -0.39 is 0 Å². The molecule has 0 aliphatic rings. The topological polar surface area (TPSA) is 37.3 Å². The van der Waals surface area contributed by atoms with Crippen LogP contribution in [0, 0.1) is 6.92 Å². The number of carbonyl (C=O) groups is 1. The Hall–Kier alpha value is -1.02. The number of phenols is 1. The number of aromatic hydroxyl groups is 1. The average molecular weight is 185 g/mol. The molecule has 0 unspecified atom stereocenters. The summed E-state index contributed by atoms with van der Waals surface area (Å²) in [6, 6.07) is 4.99. The van der Waals surface area contributed by atoms with Crippen molar-refractivity contribution in [3.05, 3.63) is 29.3 Å². The highest BCUT2D eigenvalue weighted by molar-refractivity contribution is 6.63. The summed E-state index contributed by atoms with van der Waals surface area (Å²) in [5.74, 6) is 0.237. The van der Waals surface area contributed by atoms with Crippen molar-refractivity contribution in [2.45, 2.75) is 13.3 Å². The van der Waals surface area contributed by atoms with E-state index >= 15 is 0 Å². The molecular formula is C9H9ClO2. The third-order valence-corrected chi connectivity index (χ3v) is 1.74. The molecule has 3 heteroatoms. The van der Waals surface area contributed by atoms with Gasteiger partial charge in [-0.15, -0.1) is 0 Å². The number of rotatable bonds is 2. The zero-order valence-corrected chi connectivity index (χ0v) is 7.43. The molecule has 1 N–H and O–H groups in total. The van der Waals surface area contributed by atoms with Crippen molar-refractivity contribution in [1.82, 2.24) is 0 Å². The standard InChI is InChI=1S/C9H9ClO2/c1-6-4-7(5-9(10)12)2-3-8(6)11/h2-4,11H,5H2,1H3. The highest BCUT2D eigenvalue weighted by Crippen LogP contribution is 2.17. The van der Waals surface area contributed by atoms with Crippen molar-refractivity contribution in [2.24, 2.45) is 0 Å². The molecule has 12 heavy (non-hydrogen) atoms. The van der Waals surface area contributed by atoms with E-state index in [1.165, 1.54) is 0 Å². The minimum atomic E-state index is -0.389. The van der Waals surface area contributed by atoms with E-state index in [2.05, 4.69) is 0 Å². The van der Waals surface area contributed by atoms with Crippen molar-refractivity contribution in [1.29, 1.82) is 0 Å². The maximum absolute atomic E-state index is 10.5. The van der Waals surface area contributed by atoms with E-state index in [-0.39, 0.29) is 17.4 Å². The molecule has 0 bridgehead atoms. The smallest absolute Gasteiger partial charge is 0.226 e. The molecule has 64 valence electrons. The Labute approximate surface area is 75.8 Å². The fourth-order valence-corrected chi connectivity index (χ4v) is 1.14. The largest absolute Gasteiger partial charge is 0.508 e. The van der Waals surface area contributed by atoms with Crippen molar-refractivity contribution >= 4 is 16.8 Å². The Morgan fingerprint density at radius 1 is 1.58 bits per heavy atom. The second kappa shape index (κ2) is 3.59. The lowest BCUT2D eigenvalue weighted by Gasteiger charge is -2.00. The number of carbonyl (C=O) groups excluding carboxylic acids is 1. The van der Waals surface area contributed by atoms with Gasteiger partial charge in [0, 0.05) is 6.42 Å². The normalized spacial score (nSPS) is 9.83. The Bertz CT molecular complexity index is 307. The molecule has 0 saturated carbocycles. The first-order valence-corrected chi connectivity index (χ1v) is 3.94. The van der Waals surface area contributed by atoms with Gasteiger partial charge in [-0.05, 0) is 35.7 Å². The van der Waals surface area contributed by atoms with E-state index in [9.17, 15) is 4.79 Å². The molecule has 0 atom stereocenters. The van der Waals surface area contributed by atoms with Gasteiger partial charge in [0.25, 0.3) is 0 Å². The van der Waals surface area contributed by atoms with Crippen LogP contribution < -0.4 is 0 Å². The quantitative estimate of drug-likeness (QED) is 0.714. The van der Waals surface area contributed by atoms with Crippen LogP contribution in [0.2, 0.25) is 0 Å². The third-order valence-electron chi connectivity index (χ3n) is 1.60. The summed E-state index contributed by atoms with van der Waals surface area (Å²) in [5.41, 5.74) is 1.58. The van der Waals surface area contributed by atoms with Crippen LogP contribution in [0.1, 0.15) is 11.1 Å². The molecule has 1 aromatic rings. The van der Waals surface area contributed by atoms with Gasteiger partial charge in [-0.3, -0.25) is 4.79 Å². The molecular weight excluding hydrogens is 176 g/mol. The lowest BCUT2D eigenvalue weighted by atomic mass is 10.1. The van der Waals surface area contributed by atoms with Crippen molar-refractivity contribution < 1.29 is 9.90 Å². The SMILES string of the molecule is Cc1cc(CC(=O)Cl)ccc1O. The summed E-state index contributed by atoms with van der Waals surface area (Å²) in [6.45, 7) is 1.78. The minimum Gasteiger partial charge on any atom is -0.508 e. The van der Waals surface area contributed by atoms with Gasteiger partial charge in [0.05, 0.1) is 0 Å². The monoisotopic (exact) mass is 184 g/mol. The van der Waals surface area contributed by atoms with Crippen LogP contribution >= 0.6 is 11.6 Å². The first-order valence-electron chi connectivity index (χ1n) is 3.56. The number of benzene rings is 1. The van der Waals surface area contributed by atoms with Gasteiger partial charge < -0.3 is 5.11 Å². The number of aryl methyl sites for hydroxylation is 1. The Morgan fingerprint density at radius 2 is 2.25 bits per heavy atom. The molecule has 0 saturated heterocycles. The van der Waals surface area contributed by atoms with E-state index in [1.807, 2.05) is 0 Å². The average Bonchev–Trinajstić information content (AvgIpc) is 1.96. The summed E-state index contributed by atoms with van der Waals surface area (Å²) in [7, 11) is 0. The molecule has 0 amide bonds. The van der Waals surface area contributed by atoms with Gasteiger partial charge in [-0.25, -0.2) is 0 Å². The molecule has 1 rings (SSSR count). The van der Waals surface area contributed by atoms with E-state index in [4.69, 9.17) is 16.7 Å². The van der Waals surface area contributed by atoms with Gasteiger partial charge in [0.2, 0.25) is 5.24 Å². The van der Waals surface area contributed by atoms with Gasteiger partial charge >= 0.3 is 0 Å². The van der Waals surface area contributed by atoms with Gasteiger partial charge in [-0.2, -0.15) is 0 Å². The molecule has 0 fully saturated rings. The van der Waals surface area contributed by atoms with Gasteiger partial charge in [0.1, 0.15) is 5.75 Å². The van der Waals surface area contributed by atoms with Crippen LogP contribution in [-0.2, 0) is 11.2 Å². The zero-order chi connectivity index (χ0) is 9.14. The predicted octanol–water partition coefficient (Wildman–Crippen LogP) is 2.01. The molecule has 1 aromatic carbocycles. The summed E-state index contributed by atoms with van der Waals surface area (Å²) < 4.78 is 0. The van der Waals surface area contributed by atoms with Crippen LogP contribution in [0.5, 0.6) is 5.75 Å². The zero-order valence-electron chi connectivity index (χ0n) is 6.67. The number of phenolic OH excluding ortho intramolecular Hbond substituents is 1. The second-order valence-corrected chi connectivity index (χ2v) is 3.07. The summed E-state index contributed by atoms with van der Waals surface area (Å²) >= 11 is 5.20. The molecule has 0 aliphatic carbocycles. The van der Waals surface area contributed by atoms with E-state index in [0.29, 0.717) is 0 Å². The molecule has 0 radical (unpaired) electrons. The fourth-order valence-electron chi connectivity index (χ4n) is 0.988. The van der Waals surface area contributed by atoms with Crippen LogP contribution in [0.15, 0.2) is 18.2 Å². The maximum atomic E-state index is 10.5. The number of hydrogen-bond donors (Lipinski definition) is 1. The van der Waals surface area contributed by atoms with Crippen LogP contribution in [0.25, 0.3) is 0 Å². The lowest BCUT2D eigenvalue weighted by molar-refractivity contribution is -0.111. The van der Waals surface area contributed by atoms with Crippen molar-refractivity contribution in [3.8, 4) is 5.75 Å². The van der Waals surface area contributed by atoms with Crippen LogP contribution in [0.3, 0.4) is 0 Å². The Kier molecular flexibility index (Phi) is 2.71. The lowest BCUT2D eigenvalue weighted by Crippen LogP contribution is -1.93. The molecule has 0 spiro atoms.